The van der Waals surface area contributed by atoms with Crippen LogP contribution in [0.3, 0.4) is 0 Å². The van der Waals surface area contributed by atoms with E-state index in [4.69, 9.17) is 4.74 Å². The minimum atomic E-state index is 0.488. The fourth-order valence-corrected chi connectivity index (χ4v) is 3.37. The Morgan fingerprint density at radius 1 is 1.33 bits per heavy atom. The molecule has 118 valence electrons. The predicted molar refractivity (Wildman–Crippen MR) is 92.1 cm³/mol. The highest BCUT2D eigenvalue weighted by Crippen LogP contribution is 2.25. The van der Waals surface area contributed by atoms with Gasteiger partial charge in [0.2, 0.25) is 0 Å². The average Bonchev–Trinajstić information content (AvgIpc) is 3.04. The molecule has 1 saturated heterocycles. The molecule has 2 atom stereocenters. The van der Waals surface area contributed by atoms with E-state index in [1.807, 2.05) is 0 Å². The highest BCUT2D eigenvalue weighted by atomic mass is 32.2. The van der Waals surface area contributed by atoms with Gasteiger partial charge in [0, 0.05) is 17.5 Å². The quantitative estimate of drug-likeness (QED) is 0.662. The summed E-state index contributed by atoms with van der Waals surface area (Å²) in [4.78, 5) is 1.34. The Hall–Kier alpha value is -0.510. The SMILES string of the molecule is CCCNC(CCCC1CCCO1)c1ccc(SC)cc1. The van der Waals surface area contributed by atoms with Crippen molar-refractivity contribution in [3.05, 3.63) is 29.8 Å². The summed E-state index contributed by atoms with van der Waals surface area (Å²) in [7, 11) is 0. The topological polar surface area (TPSA) is 21.3 Å². The van der Waals surface area contributed by atoms with Crippen LogP contribution in [0.25, 0.3) is 0 Å². The Morgan fingerprint density at radius 3 is 2.76 bits per heavy atom. The van der Waals surface area contributed by atoms with Gasteiger partial charge < -0.3 is 10.1 Å². The normalized spacial score (nSPS) is 19.8. The molecule has 0 bridgehead atoms. The zero-order valence-electron chi connectivity index (χ0n) is 13.4. The predicted octanol–water partition coefficient (Wildman–Crippen LogP) is 4.80. The molecular weight excluding hydrogens is 278 g/mol. The van der Waals surface area contributed by atoms with E-state index in [-0.39, 0.29) is 0 Å². The molecule has 2 unspecified atom stereocenters. The van der Waals surface area contributed by atoms with E-state index >= 15 is 0 Å². The number of benzene rings is 1. The third kappa shape index (κ3) is 5.65. The van der Waals surface area contributed by atoms with Gasteiger partial charge >= 0.3 is 0 Å². The Morgan fingerprint density at radius 2 is 2.14 bits per heavy atom. The standard InChI is InChI=1S/C18H29NOS/c1-3-13-19-18(8-4-6-16-7-5-14-20-16)15-9-11-17(21-2)12-10-15/h9-12,16,18-19H,3-8,13-14H2,1-2H3. The molecule has 0 aliphatic carbocycles. The number of hydrogen-bond donors (Lipinski definition) is 1. The number of ether oxygens (including phenoxy) is 1. The van der Waals surface area contributed by atoms with Gasteiger partial charge in [-0.15, -0.1) is 11.8 Å². The molecule has 2 nitrogen and oxygen atoms in total. The lowest BCUT2D eigenvalue weighted by Crippen LogP contribution is -2.22. The second-order valence-corrected chi connectivity index (χ2v) is 6.73. The molecule has 1 aromatic rings. The maximum atomic E-state index is 5.73. The van der Waals surface area contributed by atoms with Crippen molar-refractivity contribution in [1.29, 1.82) is 0 Å². The Balaban J connectivity index is 1.85. The van der Waals surface area contributed by atoms with E-state index < -0.39 is 0 Å². The lowest BCUT2D eigenvalue weighted by molar-refractivity contribution is 0.101. The fourth-order valence-electron chi connectivity index (χ4n) is 2.96. The van der Waals surface area contributed by atoms with E-state index in [1.165, 1.54) is 49.0 Å². The molecule has 0 amide bonds. The molecule has 1 N–H and O–H groups in total. The molecule has 0 radical (unpaired) electrons. The Labute approximate surface area is 134 Å². The van der Waals surface area contributed by atoms with Crippen molar-refractivity contribution >= 4 is 11.8 Å². The second-order valence-electron chi connectivity index (χ2n) is 5.85. The molecule has 1 fully saturated rings. The minimum Gasteiger partial charge on any atom is -0.378 e. The number of thioether (sulfide) groups is 1. The summed E-state index contributed by atoms with van der Waals surface area (Å²) in [5.74, 6) is 0. The molecule has 0 saturated carbocycles. The zero-order valence-corrected chi connectivity index (χ0v) is 14.3. The van der Waals surface area contributed by atoms with Crippen LogP contribution in [0.4, 0.5) is 0 Å². The molecule has 21 heavy (non-hydrogen) atoms. The Kier molecular flexibility index (Phi) is 7.62. The molecule has 1 aromatic carbocycles. The summed E-state index contributed by atoms with van der Waals surface area (Å²) >= 11 is 1.80. The first kappa shape index (κ1) is 16.9. The van der Waals surface area contributed by atoms with Crippen molar-refractivity contribution in [2.75, 3.05) is 19.4 Å². The van der Waals surface area contributed by atoms with Gasteiger partial charge in [-0.2, -0.15) is 0 Å². The first-order chi connectivity index (χ1) is 10.3. The molecule has 1 aliphatic rings. The molecule has 1 heterocycles. The van der Waals surface area contributed by atoms with Gasteiger partial charge in [-0.25, -0.2) is 0 Å². The van der Waals surface area contributed by atoms with Crippen LogP contribution in [0.5, 0.6) is 0 Å². The fraction of sp³-hybridized carbons (Fsp3) is 0.667. The largest absolute Gasteiger partial charge is 0.378 e. The highest BCUT2D eigenvalue weighted by Gasteiger charge is 2.16. The lowest BCUT2D eigenvalue weighted by Gasteiger charge is -2.20. The number of nitrogens with one attached hydrogen (secondary N) is 1. The smallest absolute Gasteiger partial charge is 0.0576 e. The second kappa shape index (κ2) is 9.50. The van der Waals surface area contributed by atoms with Crippen molar-refractivity contribution in [3.63, 3.8) is 0 Å². The molecular formula is C18H29NOS. The number of rotatable bonds is 9. The van der Waals surface area contributed by atoms with E-state index in [1.54, 1.807) is 11.8 Å². The van der Waals surface area contributed by atoms with Crippen LogP contribution < -0.4 is 5.32 Å². The molecule has 2 rings (SSSR count). The Bertz CT molecular complexity index is 387. The van der Waals surface area contributed by atoms with Gasteiger partial charge in [0.15, 0.2) is 0 Å². The summed E-state index contributed by atoms with van der Waals surface area (Å²) in [6.45, 7) is 4.29. The van der Waals surface area contributed by atoms with Crippen LogP contribution >= 0.6 is 11.8 Å². The van der Waals surface area contributed by atoms with Crippen molar-refractivity contribution < 1.29 is 4.74 Å². The minimum absolute atomic E-state index is 0.488. The van der Waals surface area contributed by atoms with Crippen LogP contribution in [-0.2, 0) is 4.74 Å². The van der Waals surface area contributed by atoms with E-state index in [9.17, 15) is 0 Å². The lowest BCUT2D eigenvalue weighted by atomic mass is 9.99. The van der Waals surface area contributed by atoms with Gasteiger partial charge in [-0.05, 0) is 69.0 Å². The van der Waals surface area contributed by atoms with Crippen LogP contribution in [0.15, 0.2) is 29.2 Å². The van der Waals surface area contributed by atoms with Gasteiger partial charge in [-0.1, -0.05) is 19.1 Å². The molecule has 0 aromatic heterocycles. The summed E-state index contributed by atoms with van der Waals surface area (Å²) in [5.41, 5.74) is 1.42. The van der Waals surface area contributed by atoms with E-state index in [0.717, 1.165) is 13.2 Å². The van der Waals surface area contributed by atoms with Crippen molar-refractivity contribution in [1.82, 2.24) is 5.32 Å². The van der Waals surface area contributed by atoms with Gasteiger partial charge in [-0.3, -0.25) is 0 Å². The average molecular weight is 308 g/mol. The van der Waals surface area contributed by atoms with Crippen LogP contribution in [-0.4, -0.2) is 25.5 Å². The maximum Gasteiger partial charge on any atom is 0.0576 e. The van der Waals surface area contributed by atoms with Gasteiger partial charge in [0.05, 0.1) is 6.10 Å². The maximum absolute atomic E-state index is 5.73. The van der Waals surface area contributed by atoms with Crippen LogP contribution in [0, 0.1) is 0 Å². The third-order valence-electron chi connectivity index (χ3n) is 4.20. The monoisotopic (exact) mass is 307 g/mol. The van der Waals surface area contributed by atoms with E-state index in [2.05, 4.69) is 42.8 Å². The molecule has 1 aliphatic heterocycles. The molecule has 3 heteroatoms. The van der Waals surface area contributed by atoms with Crippen LogP contribution in [0.1, 0.15) is 57.1 Å². The van der Waals surface area contributed by atoms with Gasteiger partial charge in [0.25, 0.3) is 0 Å². The summed E-state index contributed by atoms with van der Waals surface area (Å²) in [5, 5.41) is 3.70. The van der Waals surface area contributed by atoms with Crippen LogP contribution in [0.2, 0.25) is 0 Å². The first-order valence-electron chi connectivity index (χ1n) is 8.32. The zero-order chi connectivity index (χ0) is 14.9. The van der Waals surface area contributed by atoms with Crippen molar-refractivity contribution in [3.8, 4) is 0 Å². The van der Waals surface area contributed by atoms with E-state index in [0.29, 0.717) is 12.1 Å². The summed E-state index contributed by atoms with van der Waals surface area (Å²) in [6.07, 6.45) is 10.0. The van der Waals surface area contributed by atoms with Crippen molar-refractivity contribution in [2.45, 2.75) is 62.5 Å². The third-order valence-corrected chi connectivity index (χ3v) is 4.95. The molecule has 0 spiro atoms. The summed E-state index contributed by atoms with van der Waals surface area (Å²) in [6, 6.07) is 9.53. The first-order valence-corrected chi connectivity index (χ1v) is 9.55. The summed E-state index contributed by atoms with van der Waals surface area (Å²) < 4.78 is 5.73. The highest BCUT2D eigenvalue weighted by molar-refractivity contribution is 7.98. The number of hydrogen-bond acceptors (Lipinski definition) is 3. The van der Waals surface area contributed by atoms with Crippen molar-refractivity contribution in [2.24, 2.45) is 0 Å². The van der Waals surface area contributed by atoms with Gasteiger partial charge in [0.1, 0.15) is 0 Å².